The molecule has 5 nitrogen and oxygen atoms in total. The predicted molar refractivity (Wildman–Crippen MR) is 93.2 cm³/mol. The van der Waals surface area contributed by atoms with Crippen molar-refractivity contribution in [3.63, 3.8) is 0 Å². The summed E-state index contributed by atoms with van der Waals surface area (Å²) in [4.78, 5) is 24.1. The van der Waals surface area contributed by atoms with Crippen LogP contribution in [-0.2, 0) is 4.79 Å². The number of halogens is 1. The molecule has 0 fully saturated rings. The van der Waals surface area contributed by atoms with E-state index in [1.54, 1.807) is 36.4 Å². The molecule has 0 aliphatic rings. The molecule has 0 heterocycles. The molecule has 1 amide bonds. The zero-order valence-corrected chi connectivity index (χ0v) is 14.2. The maximum atomic E-state index is 12.1. The van der Waals surface area contributed by atoms with Crippen LogP contribution in [-0.4, -0.2) is 25.9 Å². The Balaban J connectivity index is 2.00. The monoisotopic (exact) mass is 347 g/mol. The number of hydrogen-bond acceptors (Lipinski definition) is 4. The minimum Gasteiger partial charge on any atom is -0.495 e. The minimum atomic E-state index is -0.293. The zero-order valence-electron chi connectivity index (χ0n) is 13.5. The van der Waals surface area contributed by atoms with Crippen molar-refractivity contribution in [1.29, 1.82) is 0 Å². The van der Waals surface area contributed by atoms with Gasteiger partial charge in [0.15, 0.2) is 5.78 Å². The van der Waals surface area contributed by atoms with E-state index in [9.17, 15) is 9.59 Å². The fourth-order valence-electron chi connectivity index (χ4n) is 2.17. The number of ketones is 1. The lowest BCUT2D eigenvalue weighted by Crippen LogP contribution is -2.14. The normalized spacial score (nSPS) is 10.1. The van der Waals surface area contributed by atoms with Gasteiger partial charge >= 0.3 is 0 Å². The largest absolute Gasteiger partial charge is 0.495 e. The molecular formula is C18H18ClNO4. The first kappa shape index (κ1) is 17.8. The summed E-state index contributed by atoms with van der Waals surface area (Å²) in [5, 5.41) is 3.06. The number of ether oxygens (including phenoxy) is 2. The van der Waals surface area contributed by atoms with E-state index in [4.69, 9.17) is 21.1 Å². The fraction of sp³-hybridized carbons (Fsp3) is 0.222. The summed E-state index contributed by atoms with van der Waals surface area (Å²) in [6.45, 7) is 0. The van der Waals surface area contributed by atoms with Gasteiger partial charge in [0.25, 0.3) is 0 Å². The van der Waals surface area contributed by atoms with Crippen molar-refractivity contribution in [2.75, 3.05) is 19.5 Å². The molecular weight excluding hydrogens is 330 g/mol. The van der Waals surface area contributed by atoms with Crippen molar-refractivity contribution in [2.24, 2.45) is 0 Å². The number of nitrogens with one attached hydrogen (secondary N) is 1. The van der Waals surface area contributed by atoms with Crippen LogP contribution >= 0.6 is 11.6 Å². The summed E-state index contributed by atoms with van der Waals surface area (Å²) < 4.78 is 10.3. The molecule has 0 unspecified atom stereocenters. The number of anilines is 1. The summed E-state index contributed by atoms with van der Waals surface area (Å²) >= 11 is 6.06. The predicted octanol–water partition coefficient (Wildman–Crippen LogP) is 3.96. The lowest BCUT2D eigenvalue weighted by molar-refractivity contribution is -0.116. The number of rotatable bonds is 7. The Morgan fingerprint density at radius 1 is 1.00 bits per heavy atom. The molecule has 0 radical (unpaired) electrons. The summed E-state index contributed by atoms with van der Waals surface area (Å²) in [7, 11) is 2.98. The highest BCUT2D eigenvalue weighted by Crippen LogP contribution is 2.35. The van der Waals surface area contributed by atoms with E-state index in [1.807, 2.05) is 6.07 Å². The smallest absolute Gasteiger partial charge is 0.224 e. The SMILES string of the molecule is COc1cc(OC)c(NC(=O)CCC(=O)c2ccccc2)cc1Cl. The summed E-state index contributed by atoms with van der Waals surface area (Å²) in [6.07, 6.45) is 0.197. The number of benzene rings is 2. The molecule has 0 aliphatic carbocycles. The third kappa shape index (κ3) is 4.49. The summed E-state index contributed by atoms with van der Waals surface area (Å²) in [5.41, 5.74) is 1.02. The molecule has 2 rings (SSSR count). The molecule has 0 atom stereocenters. The molecule has 126 valence electrons. The Kier molecular flexibility index (Phi) is 6.21. The molecule has 0 aromatic heterocycles. The molecule has 0 spiro atoms. The van der Waals surface area contributed by atoms with Gasteiger partial charge < -0.3 is 14.8 Å². The van der Waals surface area contributed by atoms with E-state index in [2.05, 4.69) is 5.32 Å². The lowest BCUT2D eigenvalue weighted by atomic mass is 10.1. The van der Waals surface area contributed by atoms with Crippen molar-refractivity contribution in [2.45, 2.75) is 12.8 Å². The summed E-state index contributed by atoms with van der Waals surface area (Å²) in [6, 6.07) is 12.0. The van der Waals surface area contributed by atoms with E-state index in [0.717, 1.165) is 0 Å². The van der Waals surface area contributed by atoms with Crippen LogP contribution in [0.5, 0.6) is 11.5 Å². The van der Waals surface area contributed by atoms with Gasteiger partial charge in [-0.2, -0.15) is 0 Å². The molecule has 1 N–H and O–H groups in total. The summed E-state index contributed by atoms with van der Waals surface area (Å²) in [5.74, 6) is 0.508. The van der Waals surface area contributed by atoms with Gasteiger partial charge in [0.2, 0.25) is 5.91 Å². The van der Waals surface area contributed by atoms with Crippen LogP contribution in [0.25, 0.3) is 0 Å². The first-order valence-corrected chi connectivity index (χ1v) is 7.72. The van der Waals surface area contributed by atoms with Crippen LogP contribution in [0.1, 0.15) is 23.2 Å². The molecule has 0 saturated carbocycles. The highest BCUT2D eigenvalue weighted by atomic mass is 35.5. The van der Waals surface area contributed by atoms with Crippen molar-refractivity contribution in [3.8, 4) is 11.5 Å². The van der Waals surface area contributed by atoms with E-state index >= 15 is 0 Å². The maximum absolute atomic E-state index is 12.1. The quantitative estimate of drug-likeness (QED) is 0.770. The number of Topliss-reactive ketones (excluding diaryl/α,β-unsaturated/α-hetero) is 1. The van der Waals surface area contributed by atoms with E-state index in [0.29, 0.717) is 27.8 Å². The Bertz CT molecular complexity index is 731. The first-order valence-electron chi connectivity index (χ1n) is 7.34. The molecule has 2 aromatic carbocycles. The number of methoxy groups -OCH3 is 2. The maximum Gasteiger partial charge on any atom is 0.224 e. The van der Waals surface area contributed by atoms with Crippen LogP contribution in [0, 0.1) is 0 Å². The van der Waals surface area contributed by atoms with Crippen molar-refractivity contribution in [3.05, 3.63) is 53.1 Å². The number of carbonyl (C=O) groups excluding carboxylic acids is 2. The van der Waals surface area contributed by atoms with Crippen LogP contribution in [0.4, 0.5) is 5.69 Å². The fourth-order valence-corrected chi connectivity index (χ4v) is 2.41. The van der Waals surface area contributed by atoms with Crippen LogP contribution in [0.2, 0.25) is 5.02 Å². The van der Waals surface area contributed by atoms with Crippen molar-refractivity contribution >= 4 is 29.0 Å². The first-order chi connectivity index (χ1) is 11.5. The standard InChI is InChI=1S/C18H18ClNO4/c1-23-16-11-17(24-2)14(10-13(16)19)20-18(22)9-8-15(21)12-6-4-3-5-7-12/h3-7,10-11H,8-9H2,1-2H3,(H,20,22). The topological polar surface area (TPSA) is 64.6 Å². The van der Waals surface area contributed by atoms with Gasteiger partial charge in [-0.05, 0) is 6.07 Å². The van der Waals surface area contributed by atoms with Gasteiger partial charge in [0.1, 0.15) is 11.5 Å². The second-order valence-electron chi connectivity index (χ2n) is 5.02. The molecule has 24 heavy (non-hydrogen) atoms. The van der Waals surface area contributed by atoms with Crippen LogP contribution in [0.3, 0.4) is 0 Å². The third-order valence-electron chi connectivity index (χ3n) is 3.42. The Morgan fingerprint density at radius 2 is 1.67 bits per heavy atom. The van der Waals surface area contributed by atoms with Crippen LogP contribution < -0.4 is 14.8 Å². The number of hydrogen-bond donors (Lipinski definition) is 1. The van der Waals surface area contributed by atoms with Crippen LogP contribution in [0.15, 0.2) is 42.5 Å². The van der Waals surface area contributed by atoms with Crippen molar-refractivity contribution < 1.29 is 19.1 Å². The minimum absolute atomic E-state index is 0.0700. The van der Waals surface area contributed by atoms with Crippen molar-refractivity contribution in [1.82, 2.24) is 0 Å². The average molecular weight is 348 g/mol. The highest BCUT2D eigenvalue weighted by Gasteiger charge is 2.14. The number of amides is 1. The Morgan fingerprint density at radius 3 is 2.29 bits per heavy atom. The van der Waals surface area contributed by atoms with Gasteiger partial charge in [-0.3, -0.25) is 9.59 Å². The highest BCUT2D eigenvalue weighted by molar-refractivity contribution is 6.32. The van der Waals surface area contributed by atoms with Gasteiger partial charge in [-0.25, -0.2) is 0 Å². The molecule has 0 aliphatic heterocycles. The second kappa shape index (κ2) is 8.36. The van der Waals surface area contributed by atoms with Gasteiger partial charge in [0, 0.05) is 24.5 Å². The van der Waals surface area contributed by atoms with E-state index < -0.39 is 0 Å². The molecule has 2 aromatic rings. The van der Waals surface area contributed by atoms with E-state index in [1.165, 1.54) is 14.2 Å². The van der Waals surface area contributed by atoms with E-state index in [-0.39, 0.29) is 24.5 Å². The van der Waals surface area contributed by atoms with Gasteiger partial charge in [-0.15, -0.1) is 0 Å². The number of carbonyl (C=O) groups is 2. The molecule has 6 heteroatoms. The van der Waals surface area contributed by atoms with Gasteiger partial charge in [-0.1, -0.05) is 41.9 Å². The average Bonchev–Trinajstić information content (AvgIpc) is 2.60. The molecule has 0 saturated heterocycles. The zero-order chi connectivity index (χ0) is 17.5. The second-order valence-corrected chi connectivity index (χ2v) is 5.43. The molecule has 0 bridgehead atoms. The van der Waals surface area contributed by atoms with Gasteiger partial charge in [0.05, 0.1) is 24.9 Å². The Hall–Kier alpha value is -2.53. The third-order valence-corrected chi connectivity index (χ3v) is 3.72. The lowest BCUT2D eigenvalue weighted by Gasteiger charge is -2.13. The Labute approximate surface area is 145 Å².